The maximum absolute atomic E-state index is 10.1. The molecule has 0 radical (unpaired) electrons. The van der Waals surface area contributed by atoms with Crippen LogP contribution in [0.2, 0.25) is 0 Å². The van der Waals surface area contributed by atoms with E-state index >= 15 is 0 Å². The number of ether oxygens (including phenoxy) is 1. The minimum atomic E-state index is -0.463. The van der Waals surface area contributed by atoms with Crippen LogP contribution >= 0.6 is 0 Å². The Kier molecular flexibility index (Phi) is 5.87. The molecule has 0 saturated heterocycles. The Morgan fingerprint density at radius 3 is 2.59 bits per heavy atom. The molecule has 124 valence electrons. The minimum absolute atomic E-state index is 0.0361. The SMILES string of the molecule is Cc1ccc(OCC(O)CNC2CCCC2)c(C(C)(C)C)c1. The van der Waals surface area contributed by atoms with Gasteiger partial charge in [0.25, 0.3) is 0 Å². The summed E-state index contributed by atoms with van der Waals surface area (Å²) in [6.45, 7) is 9.61. The van der Waals surface area contributed by atoms with Crippen molar-refractivity contribution in [3.05, 3.63) is 29.3 Å². The van der Waals surface area contributed by atoms with Crippen molar-refractivity contribution in [2.45, 2.75) is 70.9 Å². The second-order valence-corrected chi connectivity index (χ2v) is 7.60. The zero-order chi connectivity index (χ0) is 16.2. The van der Waals surface area contributed by atoms with E-state index in [2.05, 4.69) is 45.1 Å². The van der Waals surface area contributed by atoms with Gasteiger partial charge >= 0.3 is 0 Å². The van der Waals surface area contributed by atoms with E-state index in [1.54, 1.807) is 0 Å². The predicted molar refractivity (Wildman–Crippen MR) is 91.6 cm³/mol. The summed E-state index contributed by atoms with van der Waals surface area (Å²) in [7, 11) is 0. The predicted octanol–water partition coefficient (Wildman–Crippen LogP) is 3.56. The molecule has 0 heterocycles. The lowest BCUT2D eigenvalue weighted by Gasteiger charge is -2.24. The van der Waals surface area contributed by atoms with E-state index in [4.69, 9.17) is 4.74 Å². The number of aliphatic hydroxyl groups is 1. The van der Waals surface area contributed by atoms with Crippen LogP contribution in [-0.2, 0) is 5.41 Å². The lowest BCUT2D eigenvalue weighted by atomic mass is 9.85. The Bertz CT molecular complexity index is 473. The van der Waals surface area contributed by atoms with Crippen molar-refractivity contribution in [1.82, 2.24) is 5.32 Å². The van der Waals surface area contributed by atoms with Gasteiger partial charge in [-0.15, -0.1) is 0 Å². The highest BCUT2D eigenvalue weighted by molar-refractivity contribution is 5.41. The maximum atomic E-state index is 10.1. The van der Waals surface area contributed by atoms with Crippen LogP contribution in [0.4, 0.5) is 0 Å². The lowest BCUT2D eigenvalue weighted by molar-refractivity contribution is 0.102. The first-order chi connectivity index (χ1) is 10.4. The van der Waals surface area contributed by atoms with E-state index in [0.717, 1.165) is 5.75 Å². The summed E-state index contributed by atoms with van der Waals surface area (Å²) in [5.74, 6) is 0.887. The fraction of sp³-hybridized carbons (Fsp3) is 0.684. The molecule has 22 heavy (non-hydrogen) atoms. The number of nitrogens with one attached hydrogen (secondary N) is 1. The standard InChI is InChI=1S/C19H31NO2/c1-14-9-10-18(17(11-14)19(2,3)4)22-13-16(21)12-20-15-7-5-6-8-15/h9-11,15-16,20-21H,5-8,12-13H2,1-4H3. The average molecular weight is 305 g/mol. The van der Waals surface area contributed by atoms with Crippen LogP contribution in [0.3, 0.4) is 0 Å². The van der Waals surface area contributed by atoms with Gasteiger partial charge in [0.15, 0.2) is 0 Å². The van der Waals surface area contributed by atoms with Crippen molar-refractivity contribution >= 4 is 0 Å². The van der Waals surface area contributed by atoms with Crippen molar-refractivity contribution in [3.63, 3.8) is 0 Å². The van der Waals surface area contributed by atoms with Crippen LogP contribution in [0.25, 0.3) is 0 Å². The van der Waals surface area contributed by atoms with E-state index in [0.29, 0.717) is 19.2 Å². The lowest BCUT2D eigenvalue weighted by Crippen LogP contribution is -2.36. The van der Waals surface area contributed by atoms with Crippen molar-refractivity contribution in [2.24, 2.45) is 0 Å². The van der Waals surface area contributed by atoms with Crippen LogP contribution in [0, 0.1) is 6.92 Å². The van der Waals surface area contributed by atoms with E-state index in [-0.39, 0.29) is 5.41 Å². The summed E-state index contributed by atoms with van der Waals surface area (Å²) in [6.07, 6.45) is 4.62. The Balaban J connectivity index is 1.87. The average Bonchev–Trinajstić information content (AvgIpc) is 2.96. The van der Waals surface area contributed by atoms with Gasteiger partial charge in [0.05, 0.1) is 0 Å². The third kappa shape index (κ3) is 4.99. The maximum Gasteiger partial charge on any atom is 0.123 e. The number of rotatable bonds is 6. The van der Waals surface area contributed by atoms with Gasteiger partial charge in [-0.2, -0.15) is 0 Å². The van der Waals surface area contributed by atoms with Gasteiger partial charge in [-0.3, -0.25) is 0 Å². The van der Waals surface area contributed by atoms with E-state index in [1.165, 1.54) is 36.8 Å². The molecule has 1 aliphatic carbocycles. The fourth-order valence-electron chi connectivity index (χ4n) is 3.03. The van der Waals surface area contributed by atoms with Crippen LogP contribution in [-0.4, -0.2) is 30.4 Å². The van der Waals surface area contributed by atoms with E-state index < -0.39 is 6.10 Å². The third-order valence-corrected chi connectivity index (χ3v) is 4.37. The molecule has 0 amide bonds. The van der Waals surface area contributed by atoms with Crippen LogP contribution in [0.5, 0.6) is 5.75 Å². The topological polar surface area (TPSA) is 41.5 Å². The monoisotopic (exact) mass is 305 g/mol. The highest BCUT2D eigenvalue weighted by Crippen LogP contribution is 2.32. The van der Waals surface area contributed by atoms with Gasteiger partial charge in [-0.05, 0) is 36.8 Å². The molecule has 1 saturated carbocycles. The number of aliphatic hydroxyl groups excluding tert-OH is 1. The summed E-state index contributed by atoms with van der Waals surface area (Å²) < 4.78 is 5.91. The minimum Gasteiger partial charge on any atom is -0.491 e. The largest absolute Gasteiger partial charge is 0.491 e. The van der Waals surface area contributed by atoms with Gasteiger partial charge in [0.2, 0.25) is 0 Å². The van der Waals surface area contributed by atoms with Crippen LogP contribution in [0.1, 0.15) is 57.6 Å². The van der Waals surface area contributed by atoms with Gasteiger partial charge in [0.1, 0.15) is 18.5 Å². The van der Waals surface area contributed by atoms with E-state index in [1.807, 2.05) is 6.07 Å². The van der Waals surface area contributed by atoms with Gasteiger partial charge in [-0.1, -0.05) is 51.3 Å². The Hall–Kier alpha value is -1.06. The highest BCUT2D eigenvalue weighted by atomic mass is 16.5. The highest BCUT2D eigenvalue weighted by Gasteiger charge is 2.20. The molecule has 3 heteroatoms. The molecule has 1 aliphatic rings. The van der Waals surface area contributed by atoms with Gasteiger partial charge in [-0.25, -0.2) is 0 Å². The quantitative estimate of drug-likeness (QED) is 0.844. The van der Waals surface area contributed by atoms with E-state index in [9.17, 15) is 5.11 Å². The van der Waals surface area contributed by atoms with Gasteiger partial charge in [0, 0.05) is 12.6 Å². The molecular formula is C19H31NO2. The number of hydrogen-bond acceptors (Lipinski definition) is 3. The van der Waals surface area contributed by atoms with Gasteiger partial charge < -0.3 is 15.2 Å². The Morgan fingerprint density at radius 1 is 1.27 bits per heavy atom. The second-order valence-electron chi connectivity index (χ2n) is 7.60. The smallest absolute Gasteiger partial charge is 0.123 e. The second kappa shape index (κ2) is 7.47. The van der Waals surface area contributed by atoms with Crippen molar-refractivity contribution in [3.8, 4) is 5.75 Å². The summed E-state index contributed by atoms with van der Waals surface area (Å²) in [4.78, 5) is 0. The molecular weight excluding hydrogens is 274 g/mol. The molecule has 2 N–H and O–H groups in total. The Morgan fingerprint density at radius 2 is 1.95 bits per heavy atom. The van der Waals surface area contributed by atoms with Crippen LogP contribution in [0.15, 0.2) is 18.2 Å². The number of aryl methyl sites for hydroxylation is 1. The first-order valence-corrected chi connectivity index (χ1v) is 8.51. The molecule has 0 aliphatic heterocycles. The summed E-state index contributed by atoms with van der Waals surface area (Å²) in [5, 5.41) is 13.6. The zero-order valence-electron chi connectivity index (χ0n) is 14.5. The molecule has 1 aromatic rings. The summed E-state index contributed by atoms with van der Waals surface area (Å²) >= 11 is 0. The van der Waals surface area contributed by atoms with Crippen molar-refractivity contribution < 1.29 is 9.84 Å². The third-order valence-electron chi connectivity index (χ3n) is 4.37. The number of benzene rings is 1. The molecule has 3 nitrogen and oxygen atoms in total. The molecule has 1 aromatic carbocycles. The molecule has 1 atom stereocenters. The number of hydrogen-bond donors (Lipinski definition) is 2. The molecule has 1 unspecified atom stereocenters. The molecule has 0 bridgehead atoms. The normalized spacial score (nSPS) is 17.7. The molecule has 0 aromatic heterocycles. The van der Waals surface area contributed by atoms with Crippen molar-refractivity contribution in [1.29, 1.82) is 0 Å². The molecule has 1 fully saturated rings. The molecule has 0 spiro atoms. The Labute approximate surface area is 135 Å². The summed E-state index contributed by atoms with van der Waals surface area (Å²) in [5.41, 5.74) is 2.47. The van der Waals surface area contributed by atoms with Crippen LogP contribution < -0.4 is 10.1 Å². The van der Waals surface area contributed by atoms with Crippen molar-refractivity contribution in [2.75, 3.05) is 13.2 Å². The summed E-state index contributed by atoms with van der Waals surface area (Å²) in [6, 6.07) is 6.85. The first-order valence-electron chi connectivity index (χ1n) is 8.51. The first kappa shape index (κ1) is 17.3. The fourth-order valence-corrected chi connectivity index (χ4v) is 3.03. The zero-order valence-corrected chi connectivity index (χ0v) is 14.5. The molecule has 2 rings (SSSR count).